The summed E-state index contributed by atoms with van der Waals surface area (Å²) in [4.78, 5) is 150. The molecule has 3 aliphatic rings. The Morgan fingerprint density at radius 1 is 0.410 bits per heavy atom. The van der Waals surface area contributed by atoms with Crippen LogP contribution in [0, 0.1) is 41.4 Å². The number of esters is 1. The molecule has 3 aliphatic heterocycles. The zero-order valence-electron chi connectivity index (χ0n) is 74.5. The molecule has 0 aliphatic carbocycles. The van der Waals surface area contributed by atoms with E-state index in [0.29, 0.717) is 130 Å². The number of hydrogen-bond donors (Lipinski definition) is 5. The molecule has 0 bridgehead atoms. The number of carbonyl (C=O) groups is 11. The molecule has 3 fully saturated rings. The fraction of sp³-hybridized carbons (Fsp3) is 0.564. The second-order valence-electron chi connectivity index (χ2n) is 34.7. The number of carboxylic acid groups (broad SMARTS) is 2. The fourth-order valence-electron chi connectivity index (χ4n) is 13.8. The summed E-state index contributed by atoms with van der Waals surface area (Å²) >= 11 is 2.15. The molecule has 674 valence electrons. The number of morpholine rings is 3. The van der Waals surface area contributed by atoms with Gasteiger partial charge in [0.25, 0.3) is 0 Å². The van der Waals surface area contributed by atoms with E-state index in [1.165, 1.54) is 0 Å². The van der Waals surface area contributed by atoms with Crippen molar-refractivity contribution in [2.75, 3.05) is 110 Å². The first-order chi connectivity index (χ1) is 58.1. The van der Waals surface area contributed by atoms with Crippen LogP contribution in [0.25, 0.3) is 0 Å². The predicted molar refractivity (Wildman–Crippen MR) is 489 cm³/mol. The summed E-state index contributed by atoms with van der Waals surface area (Å²) < 4.78 is 31.4. The number of aliphatic carboxylic acids is 2. The van der Waals surface area contributed by atoms with E-state index in [2.05, 4.69) is 71.7 Å². The molecule has 3 heterocycles. The number of carbonyl (C=O) groups excluding carboxylic acids is 9. The molecule has 5 N–H and O–H groups in total. The highest BCUT2D eigenvalue weighted by molar-refractivity contribution is 14.1. The van der Waals surface area contributed by atoms with Crippen LogP contribution in [-0.4, -0.2) is 235 Å². The highest BCUT2D eigenvalue weighted by atomic mass is 127. The largest absolute Gasteiger partial charge is 0.518 e. The maximum atomic E-state index is 13.6. The molecule has 5 aromatic rings. The van der Waals surface area contributed by atoms with Crippen molar-refractivity contribution in [1.82, 2.24) is 30.3 Å². The van der Waals surface area contributed by atoms with Crippen molar-refractivity contribution in [1.29, 1.82) is 0 Å². The van der Waals surface area contributed by atoms with Crippen molar-refractivity contribution in [3.63, 3.8) is 0 Å². The minimum Gasteiger partial charge on any atom is -0.518 e. The van der Waals surface area contributed by atoms with Crippen LogP contribution in [0.15, 0.2) is 152 Å². The summed E-state index contributed by atoms with van der Waals surface area (Å²) in [6, 6.07) is 46.5. The number of halogens is 1. The Hall–Kier alpha value is -8.05. The van der Waals surface area contributed by atoms with Gasteiger partial charge >= 0.3 is 30.0 Å². The number of Topliss-reactive ketones (excluding diaryl/α,β-unsaturated/α-hetero) is 4. The van der Waals surface area contributed by atoms with Crippen molar-refractivity contribution in [2.24, 2.45) is 41.4 Å². The lowest BCUT2D eigenvalue weighted by atomic mass is 9.88. The Kier molecular flexibility index (Phi) is 51.4. The quantitative estimate of drug-likeness (QED) is 0.00795. The number of ether oxygens (including phenoxy) is 5. The summed E-state index contributed by atoms with van der Waals surface area (Å²) in [5.41, 5.74) is 5.09. The average molecular weight is 1840 g/mol. The highest BCUT2D eigenvalue weighted by Gasteiger charge is 2.35. The smallest absolute Gasteiger partial charge is 0.516 e. The maximum Gasteiger partial charge on any atom is 0.516 e. The van der Waals surface area contributed by atoms with Crippen molar-refractivity contribution in [3.8, 4) is 0 Å². The van der Waals surface area contributed by atoms with Crippen LogP contribution in [0.2, 0.25) is 39.3 Å². The predicted octanol–water partition coefficient (Wildman–Crippen LogP) is 13.4. The van der Waals surface area contributed by atoms with E-state index in [4.69, 9.17) is 28.1 Å². The van der Waals surface area contributed by atoms with Crippen LogP contribution in [0.3, 0.4) is 0 Å². The molecule has 28 heteroatoms. The minimum absolute atomic E-state index is 0.00219. The number of hydrogen-bond acceptors (Lipinski definition) is 21. The molecule has 2 amide bonds. The number of amides is 2. The van der Waals surface area contributed by atoms with Crippen LogP contribution in [0.4, 0.5) is 4.79 Å². The van der Waals surface area contributed by atoms with Crippen molar-refractivity contribution < 1.29 is 91.1 Å². The lowest BCUT2D eigenvalue weighted by molar-refractivity contribution is -0.147. The first kappa shape index (κ1) is 106. The number of nitrogens with zero attached hydrogens (tertiary/aromatic N) is 3. The first-order valence-corrected chi connectivity index (χ1v) is 52.1. The summed E-state index contributed by atoms with van der Waals surface area (Å²) in [7, 11) is -3.71. The summed E-state index contributed by atoms with van der Waals surface area (Å²) in [5, 5.41) is 25.1. The van der Waals surface area contributed by atoms with Gasteiger partial charge in [0.15, 0.2) is 5.78 Å². The molecule has 3 saturated heterocycles. The van der Waals surface area contributed by atoms with Crippen LogP contribution >= 0.6 is 22.6 Å². The lowest BCUT2D eigenvalue weighted by Crippen LogP contribution is -2.58. The normalized spacial score (nSPS) is 15.6. The third-order valence-electron chi connectivity index (χ3n) is 20.0. The van der Waals surface area contributed by atoms with Crippen LogP contribution in [-0.2, 0) is 108 Å². The standard InChI is InChI=1S/C33H44N2O6.C22H31NO6.C21H38N2O3Si2.C17H23NO4.CH3I/c1-24(2)19-30(31(37)22-28(33(39)40)20-26-11-7-4-8-12-26)34-32(38)27(14-13-25-9-5-3-6-10-25)21-29(36)23-35-15-17-41-18-16-35;1-17(2)16-28-22(26)29-21(25)19(9-8-18-6-4-3-5-7-18)14-20(24)15-23-10-12-27-13-11-23;1-16(2)14-18(23-27(3,4)5)20(24)22-19(21(25)26-28(6,7)8)15-17-12-10-9-11-13-17;19-16(13-18-8-10-22-11-9-18)12-15(17(20)21)7-6-14-4-2-1-3-5-14;1-2/h3-12,24,27-28,30H,13-23H2,1-2H3,(H,34,38)(H,39,40);3-7,17,19H,8-16H2,1-2H3;9-13,16,18-19,23H,14-15H2,1-8H3,(H,22,24);1-5,15H,6-13H2,(H,20,21);1H3/t27-,28-,30+;19-;18?,19-;15-;/m1101./s1. The average Bonchev–Trinajstić information content (AvgIpc) is 0.857. The summed E-state index contributed by atoms with van der Waals surface area (Å²) in [6.45, 7) is 33.3. The molecule has 0 radical (unpaired) electrons. The topological polar surface area (TPSA) is 329 Å². The van der Waals surface area contributed by atoms with Gasteiger partial charge in [-0.1, -0.05) is 235 Å². The Labute approximate surface area is 740 Å². The lowest BCUT2D eigenvalue weighted by Gasteiger charge is -2.30. The minimum atomic E-state index is -2.05. The second kappa shape index (κ2) is 59.0. The third-order valence-corrected chi connectivity index (χ3v) is 22.1. The molecule has 0 aromatic heterocycles. The Morgan fingerprint density at radius 3 is 1.12 bits per heavy atom. The molecule has 8 rings (SSSR count). The number of alkyl halides is 1. The van der Waals surface area contributed by atoms with Crippen LogP contribution in [0.5, 0.6) is 0 Å². The molecular formula is C94H139IN6O19Si2. The van der Waals surface area contributed by atoms with Gasteiger partial charge in [0.1, 0.15) is 31.6 Å². The fourth-order valence-corrected chi connectivity index (χ4v) is 15.9. The van der Waals surface area contributed by atoms with E-state index in [0.717, 1.165) is 47.3 Å². The van der Waals surface area contributed by atoms with Gasteiger partial charge in [0.05, 0.1) is 95.7 Å². The van der Waals surface area contributed by atoms with Gasteiger partial charge in [0.2, 0.25) is 20.1 Å². The zero-order chi connectivity index (χ0) is 90.0. The molecule has 0 saturated carbocycles. The van der Waals surface area contributed by atoms with Gasteiger partial charge in [-0.25, -0.2) is 4.79 Å². The Bertz CT molecular complexity index is 3880. The number of nitrogens with one attached hydrogen (secondary N) is 3. The van der Waals surface area contributed by atoms with Gasteiger partial charge in [-0.3, -0.25) is 62.6 Å². The number of rotatable bonds is 45. The van der Waals surface area contributed by atoms with Crippen molar-refractivity contribution in [2.45, 2.75) is 189 Å². The molecule has 5 aromatic carbocycles. The van der Waals surface area contributed by atoms with Gasteiger partial charge in [-0.05, 0) is 128 Å². The molecule has 0 spiro atoms. The SMILES string of the molecule is CC(C)CC(N[Si](C)(C)C)C(=O)N[C@@H](Cc1ccccc1)C(=O)O[Si](C)(C)C.CC(C)COC(=O)OC(=O)[C@H](CCc1ccccc1)CC(=O)CN1CCOCC1.CC(C)C[C@H](NC(=O)[C@H](CCc1ccccc1)CC(=O)CN1CCOCC1)C(=O)C[C@@H](Cc1ccccc1)C(=O)O.CI.O=C(C[C@@H](CCc1ccccc1)C(=O)O)CN1CCOCC1. The summed E-state index contributed by atoms with van der Waals surface area (Å²) in [6.07, 6.45) is 4.18. The van der Waals surface area contributed by atoms with Crippen molar-refractivity contribution in [3.05, 3.63) is 179 Å². The monoisotopic (exact) mass is 1840 g/mol. The number of ketones is 4. The number of aryl methyl sites for hydroxylation is 3. The Balaban J connectivity index is 0.000000347. The van der Waals surface area contributed by atoms with Crippen LogP contribution in [0.1, 0.15) is 127 Å². The van der Waals surface area contributed by atoms with E-state index in [9.17, 15) is 63.0 Å². The number of benzene rings is 5. The van der Waals surface area contributed by atoms with E-state index in [1.807, 2.05) is 219 Å². The summed E-state index contributed by atoms with van der Waals surface area (Å²) in [5.74, 6) is -5.91. The van der Waals surface area contributed by atoms with Gasteiger partial charge in [-0.2, -0.15) is 0 Å². The molecule has 122 heavy (non-hydrogen) atoms. The van der Waals surface area contributed by atoms with Gasteiger partial charge in [0, 0.05) is 77.3 Å². The van der Waals surface area contributed by atoms with Crippen LogP contribution < -0.4 is 15.6 Å². The third kappa shape index (κ3) is 47.7. The van der Waals surface area contributed by atoms with E-state index >= 15 is 0 Å². The molecule has 25 nitrogen and oxygen atoms in total. The van der Waals surface area contributed by atoms with E-state index in [-0.39, 0.29) is 111 Å². The zero-order valence-corrected chi connectivity index (χ0v) is 78.6. The second-order valence-corrected chi connectivity index (χ2v) is 43.9. The maximum absolute atomic E-state index is 13.6. The first-order valence-electron chi connectivity index (χ1n) is 43.1. The highest BCUT2D eigenvalue weighted by Crippen LogP contribution is 2.24. The van der Waals surface area contributed by atoms with Crippen molar-refractivity contribution >= 4 is 104 Å². The van der Waals surface area contributed by atoms with E-state index in [1.54, 1.807) is 0 Å². The van der Waals surface area contributed by atoms with E-state index < -0.39 is 76.4 Å². The Morgan fingerprint density at radius 2 is 0.754 bits per heavy atom. The van der Waals surface area contributed by atoms with Gasteiger partial charge in [-0.15, -0.1) is 0 Å². The van der Waals surface area contributed by atoms with Gasteiger partial charge < -0.3 is 53.9 Å². The molecule has 1 unspecified atom stereocenters. The number of carboxylic acids is 2. The molecule has 7 atom stereocenters. The molecular weight excluding hydrogens is 1700 g/mol.